The summed E-state index contributed by atoms with van der Waals surface area (Å²) < 4.78 is 15.3. The van der Waals surface area contributed by atoms with E-state index in [1.165, 1.54) is 17.0 Å². The lowest BCUT2D eigenvalue weighted by molar-refractivity contribution is -0.118. The molecule has 1 aliphatic rings. The summed E-state index contributed by atoms with van der Waals surface area (Å²) in [5, 5.41) is 16.4. The van der Waals surface area contributed by atoms with Gasteiger partial charge >= 0.3 is 0 Å². The molecule has 24 heavy (non-hydrogen) atoms. The zero-order chi connectivity index (χ0) is 17.4. The number of benzene rings is 1. The zero-order valence-corrected chi connectivity index (χ0v) is 13.3. The Balaban J connectivity index is 1.77. The van der Waals surface area contributed by atoms with E-state index in [0.717, 1.165) is 11.8 Å². The molecule has 2 aromatic rings. The molecule has 1 fully saturated rings. The number of hydrogen-bond donors (Lipinski definition) is 2. The quantitative estimate of drug-likeness (QED) is 0.881. The third-order valence-electron chi connectivity index (χ3n) is 3.98. The van der Waals surface area contributed by atoms with Crippen LogP contribution in [0.1, 0.15) is 22.5 Å². The molecule has 8 heteroatoms. The monoisotopic (exact) mass is 332 g/mol. The second-order valence-corrected chi connectivity index (χ2v) is 5.71. The summed E-state index contributed by atoms with van der Waals surface area (Å²) in [6.45, 7) is 2.25. The fourth-order valence-electron chi connectivity index (χ4n) is 2.86. The Kier molecular flexibility index (Phi) is 3.96. The van der Waals surface area contributed by atoms with Gasteiger partial charge in [0.05, 0.1) is 5.69 Å². The van der Waals surface area contributed by atoms with Crippen molar-refractivity contribution < 1.29 is 19.1 Å². The summed E-state index contributed by atoms with van der Waals surface area (Å²) in [7, 11) is 1.74. The predicted octanol–water partition coefficient (Wildman–Crippen LogP) is 1.11. The first kappa shape index (κ1) is 16.0. The molecular weight excluding hydrogens is 315 g/mol. The number of amides is 2. The Labute approximate surface area is 137 Å². The number of aromatic hydroxyl groups is 1. The maximum Gasteiger partial charge on any atom is 0.258 e. The van der Waals surface area contributed by atoms with E-state index in [1.54, 1.807) is 17.8 Å². The largest absolute Gasteiger partial charge is 0.507 e. The normalized spacial score (nSPS) is 17.4. The first-order valence-electron chi connectivity index (χ1n) is 7.49. The van der Waals surface area contributed by atoms with E-state index in [0.29, 0.717) is 18.8 Å². The van der Waals surface area contributed by atoms with Crippen LogP contribution in [0.2, 0.25) is 0 Å². The van der Waals surface area contributed by atoms with Crippen molar-refractivity contribution in [3.05, 3.63) is 41.3 Å². The van der Waals surface area contributed by atoms with E-state index in [9.17, 15) is 19.1 Å². The van der Waals surface area contributed by atoms with Crippen LogP contribution in [0.15, 0.2) is 24.3 Å². The number of carbonyl (C=O) groups is 2. The minimum Gasteiger partial charge on any atom is -0.507 e. The van der Waals surface area contributed by atoms with Crippen molar-refractivity contribution in [3.63, 3.8) is 0 Å². The van der Waals surface area contributed by atoms with Gasteiger partial charge in [-0.2, -0.15) is 5.10 Å². The molecule has 1 saturated heterocycles. The summed E-state index contributed by atoms with van der Waals surface area (Å²) in [4.78, 5) is 26.3. The molecule has 0 spiro atoms. The minimum atomic E-state index is -0.836. The number of aryl methyl sites for hydroxylation is 2. The lowest BCUT2D eigenvalue weighted by atomic mass is 10.1. The number of anilines is 1. The highest BCUT2D eigenvalue weighted by atomic mass is 19.1. The second kappa shape index (κ2) is 5.95. The summed E-state index contributed by atoms with van der Waals surface area (Å²) in [5.74, 6) is -1.76. The van der Waals surface area contributed by atoms with Crippen LogP contribution >= 0.6 is 0 Å². The average Bonchev–Trinajstić information content (AvgIpc) is 3.01. The molecule has 3 rings (SSSR count). The number of nitrogens with zero attached hydrogens (tertiary/aromatic N) is 3. The van der Waals surface area contributed by atoms with E-state index in [2.05, 4.69) is 10.4 Å². The minimum absolute atomic E-state index is 0.290. The Hall–Kier alpha value is -2.90. The highest BCUT2D eigenvalue weighted by Gasteiger charge is 2.35. The molecule has 2 amide bonds. The highest BCUT2D eigenvalue weighted by Crippen LogP contribution is 2.24. The van der Waals surface area contributed by atoms with Crippen molar-refractivity contribution in [1.82, 2.24) is 15.1 Å². The maximum absolute atomic E-state index is 13.7. The Morgan fingerprint density at radius 1 is 1.46 bits per heavy atom. The number of rotatable bonds is 3. The van der Waals surface area contributed by atoms with Crippen LogP contribution in [0, 0.1) is 12.7 Å². The smallest absolute Gasteiger partial charge is 0.258 e. The van der Waals surface area contributed by atoms with E-state index >= 15 is 0 Å². The maximum atomic E-state index is 13.7. The third kappa shape index (κ3) is 2.70. The Morgan fingerprint density at radius 3 is 2.83 bits per heavy atom. The van der Waals surface area contributed by atoms with Crippen LogP contribution < -0.4 is 10.2 Å². The first-order valence-corrected chi connectivity index (χ1v) is 7.49. The van der Waals surface area contributed by atoms with Gasteiger partial charge in [0, 0.05) is 19.7 Å². The SMILES string of the molecule is Cc1cc(N2CCC(NC(=O)c3c(O)cccc3F)C2=O)n(C)n1. The van der Waals surface area contributed by atoms with Crippen molar-refractivity contribution in [2.45, 2.75) is 19.4 Å². The molecule has 1 unspecified atom stereocenters. The van der Waals surface area contributed by atoms with Crippen LogP contribution in [0.25, 0.3) is 0 Å². The molecule has 1 aliphatic heterocycles. The van der Waals surface area contributed by atoms with Gasteiger partial charge in [-0.3, -0.25) is 19.2 Å². The van der Waals surface area contributed by atoms with Gasteiger partial charge in [-0.25, -0.2) is 4.39 Å². The molecule has 7 nitrogen and oxygen atoms in total. The van der Waals surface area contributed by atoms with Gasteiger partial charge in [0.2, 0.25) is 0 Å². The molecule has 126 valence electrons. The van der Waals surface area contributed by atoms with Crippen LogP contribution in [0.5, 0.6) is 5.75 Å². The van der Waals surface area contributed by atoms with E-state index in [4.69, 9.17) is 0 Å². The fraction of sp³-hybridized carbons (Fsp3) is 0.312. The summed E-state index contributed by atoms with van der Waals surface area (Å²) >= 11 is 0. The molecule has 0 bridgehead atoms. The standard InChI is InChI=1S/C16H17FN4O3/c1-9-8-13(20(2)19-9)21-7-6-11(16(21)24)18-15(23)14-10(17)4-3-5-12(14)22/h3-5,8,11,22H,6-7H2,1-2H3,(H,18,23). The topological polar surface area (TPSA) is 87.5 Å². The van der Waals surface area contributed by atoms with Gasteiger partial charge in [0.25, 0.3) is 11.8 Å². The lowest BCUT2D eigenvalue weighted by Gasteiger charge is -2.17. The molecule has 0 aliphatic carbocycles. The van der Waals surface area contributed by atoms with Gasteiger partial charge < -0.3 is 10.4 Å². The van der Waals surface area contributed by atoms with Crippen molar-refractivity contribution in [2.75, 3.05) is 11.4 Å². The number of hydrogen-bond acceptors (Lipinski definition) is 4. The number of carbonyl (C=O) groups excluding carboxylic acids is 2. The fourth-order valence-corrected chi connectivity index (χ4v) is 2.86. The average molecular weight is 332 g/mol. The molecule has 1 aromatic carbocycles. The zero-order valence-electron chi connectivity index (χ0n) is 13.3. The van der Waals surface area contributed by atoms with Gasteiger partial charge in [-0.15, -0.1) is 0 Å². The Bertz CT molecular complexity index is 797. The van der Waals surface area contributed by atoms with Gasteiger partial charge in [-0.05, 0) is 25.5 Å². The first-order chi connectivity index (χ1) is 11.4. The molecule has 1 aromatic heterocycles. The summed E-state index contributed by atoms with van der Waals surface area (Å²) in [6, 6.07) is 4.61. The molecule has 2 heterocycles. The third-order valence-corrected chi connectivity index (χ3v) is 3.98. The van der Waals surface area contributed by atoms with Gasteiger partial charge in [0.1, 0.15) is 29.0 Å². The van der Waals surface area contributed by atoms with Crippen molar-refractivity contribution in [1.29, 1.82) is 0 Å². The molecule has 2 N–H and O–H groups in total. The summed E-state index contributed by atoms with van der Waals surface area (Å²) in [6.07, 6.45) is 0.393. The molecule has 0 saturated carbocycles. The van der Waals surface area contributed by atoms with Gasteiger partial charge in [-0.1, -0.05) is 6.07 Å². The van der Waals surface area contributed by atoms with Crippen molar-refractivity contribution in [3.8, 4) is 5.75 Å². The molecule has 1 atom stereocenters. The Morgan fingerprint density at radius 2 is 2.21 bits per heavy atom. The highest BCUT2D eigenvalue weighted by molar-refractivity contribution is 6.04. The predicted molar refractivity (Wildman–Crippen MR) is 84.2 cm³/mol. The van der Waals surface area contributed by atoms with E-state index < -0.39 is 29.1 Å². The van der Waals surface area contributed by atoms with Crippen LogP contribution in [0.4, 0.5) is 10.2 Å². The number of halogens is 1. The second-order valence-electron chi connectivity index (χ2n) is 5.71. The number of aromatic nitrogens is 2. The number of nitrogens with one attached hydrogen (secondary N) is 1. The van der Waals surface area contributed by atoms with Crippen molar-refractivity contribution >= 4 is 17.6 Å². The summed E-state index contributed by atoms with van der Waals surface area (Å²) in [5.41, 5.74) is 0.323. The van der Waals surface area contributed by atoms with Crippen LogP contribution in [-0.4, -0.2) is 39.3 Å². The number of phenolic OH excluding ortho intramolecular Hbond substituents is 1. The van der Waals surface area contributed by atoms with Crippen LogP contribution in [0.3, 0.4) is 0 Å². The van der Waals surface area contributed by atoms with Gasteiger partial charge in [0.15, 0.2) is 0 Å². The van der Waals surface area contributed by atoms with E-state index in [-0.39, 0.29) is 5.91 Å². The van der Waals surface area contributed by atoms with Crippen molar-refractivity contribution in [2.24, 2.45) is 7.05 Å². The molecular formula is C16H17FN4O3. The lowest BCUT2D eigenvalue weighted by Crippen LogP contribution is -2.42. The van der Waals surface area contributed by atoms with Crippen LogP contribution in [-0.2, 0) is 11.8 Å². The van der Waals surface area contributed by atoms with E-state index in [1.807, 2.05) is 6.92 Å². The number of phenols is 1. The molecule has 0 radical (unpaired) electrons.